The van der Waals surface area contributed by atoms with E-state index in [9.17, 15) is 27.9 Å². The molecular weight excluding hydrogens is 476 g/mol. The Balaban J connectivity index is 1.72. The number of alkyl halides is 3. The topological polar surface area (TPSA) is 87.9 Å². The second-order valence-corrected chi connectivity index (χ2v) is 7.87. The number of hydrogen-bond donors (Lipinski definition) is 1. The fraction of sp³-hybridized carbons (Fsp3) is 0.421. The third kappa shape index (κ3) is 4.73. The molecule has 1 aliphatic rings. The molecular formula is C19H19Cl2F3N4O4. The summed E-state index contributed by atoms with van der Waals surface area (Å²) in [5.41, 5.74) is -0.787. The van der Waals surface area contributed by atoms with E-state index in [0.29, 0.717) is 24.5 Å². The van der Waals surface area contributed by atoms with Crippen molar-refractivity contribution in [3.8, 4) is 5.75 Å². The number of aromatic nitrogens is 2. The number of carbonyl (C=O) groups excluding carboxylic acids is 1. The number of carbonyl (C=O) groups is 2. The SMILES string of the molecule is COc1cc(N2CCN(C(=O)Cn3nc(C(F)(F)F)c(Cl)c3C)CC2)c(C(=O)O)cc1Cl. The highest BCUT2D eigenvalue weighted by molar-refractivity contribution is 6.32. The summed E-state index contributed by atoms with van der Waals surface area (Å²) in [6.45, 7) is 2.06. The molecule has 1 aliphatic heterocycles. The van der Waals surface area contributed by atoms with Crippen molar-refractivity contribution in [3.05, 3.63) is 39.1 Å². The van der Waals surface area contributed by atoms with Crippen molar-refractivity contribution in [2.24, 2.45) is 0 Å². The Hall–Kier alpha value is -2.66. The quantitative estimate of drug-likeness (QED) is 0.683. The van der Waals surface area contributed by atoms with Crippen LogP contribution in [0.25, 0.3) is 0 Å². The van der Waals surface area contributed by atoms with E-state index in [1.807, 2.05) is 0 Å². The molecule has 3 rings (SSSR count). The molecule has 0 atom stereocenters. The van der Waals surface area contributed by atoms with Crippen LogP contribution in [0, 0.1) is 6.92 Å². The summed E-state index contributed by atoms with van der Waals surface area (Å²) in [5, 5.41) is 12.6. The second kappa shape index (κ2) is 9.07. The van der Waals surface area contributed by atoms with Crippen LogP contribution in [-0.4, -0.2) is 65.0 Å². The number of hydrogen-bond acceptors (Lipinski definition) is 5. The van der Waals surface area contributed by atoms with Crippen molar-refractivity contribution >= 4 is 40.8 Å². The number of carboxylic acids is 1. The van der Waals surface area contributed by atoms with Gasteiger partial charge in [-0.3, -0.25) is 9.48 Å². The van der Waals surface area contributed by atoms with Gasteiger partial charge in [-0.1, -0.05) is 23.2 Å². The van der Waals surface area contributed by atoms with Gasteiger partial charge in [-0.05, 0) is 13.0 Å². The number of carboxylic acid groups (broad SMARTS) is 1. The average molecular weight is 495 g/mol. The molecule has 1 aromatic heterocycles. The summed E-state index contributed by atoms with van der Waals surface area (Å²) >= 11 is 11.8. The molecule has 1 saturated heterocycles. The number of nitrogens with zero attached hydrogens (tertiary/aromatic N) is 4. The lowest BCUT2D eigenvalue weighted by molar-refractivity contribution is -0.142. The molecule has 32 heavy (non-hydrogen) atoms. The monoisotopic (exact) mass is 494 g/mol. The molecule has 1 N–H and O–H groups in total. The number of methoxy groups -OCH3 is 1. The zero-order valence-electron chi connectivity index (χ0n) is 17.0. The number of benzene rings is 1. The zero-order chi connectivity index (χ0) is 23.8. The molecule has 0 bridgehead atoms. The van der Waals surface area contributed by atoms with Crippen molar-refractivity contribution in [1.82, 2.24) is 14.7 Å². The maximum absolute atomic E-state index is 13.0. The average Bonchev–Trinajstić information content (AvgIpc) is 3.02. The van der Waals surface area contributed by atoms with E-state index >= 15 is 0 Å². The molecule has 0 spiro atoms. The van der Waals surface area contributed by atoms with Crippen molar-refractivity contribution < 1.29 is 32.6 Å². The highest BCUT2D eigenvalue weighted by Crippen LogP contribution is 2.36. The predicted molar refractivity (Wildman–Crippen MR) is 111 cm³/mol. The van der Waals surface area contributed by atoms with Crippen LogP contribution in [-0.2, 0) is 17.5 Å². The fourth-order valence-electron chi connectivity index (χ4n) is 3.42. The number of aromatic carboxylic acids is 1. The lowest BCUT2D eigenvalue weighted by Crippen LogP contribution is -2.50. The molecule has 1 amide bonds. The standard InChI is InChI=1S/C19H19Cl2F3N4O4/c1-10-16(21)17(19(22,23)24)25-28(10)9-15(29)27-5-3-26(4-6-27)13-8-14(32-2)12(20)7-11(13)18(30)31/h7-8H,3-6,9H2,1-2H3,(H,30,31). The lowest BCUT2D eigenvalue weighted by atomic mass is 10.1. The Morgan fingerprint density at radius 3 is 2.31 bits per heavy atom. The minimum atomic E-state index is -4.72. The fourth-order valence-corrected chi connectivity index (χ4v) is 3.90. The number of anilines is 1. The van der Waals surface area contributed by atoms with Gasteiger partial charge in [0.25, 0.3) is 0 Å². The van der Waals surface area contributed by atoms with E-state index in [2.05, 4.69) is 5.10 Å². The normalized spacial score (nSPS) is 14.6. The molecule has 174 valence electrons. The maximum atomic E-state index is 13.0. The summed E-state index contributed by atoms with van der Waals surface area (Å²) in [6, 6.07) is 2.83. The van der Waals surface area contributed by atoms with Crippen LogP contribution in [0.5, 0.6) is 5.75 Å². The number of amides is 1. The Morgan fingerprint density at radius 1 is 1.19 bits per heavy atom. The Kier molecular flexibility index (Phi) is 6.80. The van der Waals surface area contributed by atoms with Crippen molar-refractivity contribution in [2.75, 3.05) is 38.2 Å². The van der Waals surface area contributed by atoms with Crippen LogP contribution in [0.2, 0.25) is 10.0 Å². The molecule has 13 heteroatoms. The molecule has 2 aromatic rings. The highest BCUT2D eigenvalue weighted by atomic mass is 35.5. The van der Waals surface area contributed by atoms with Gasteiger partial charge in [0.05, 0.1) is 34.1 Å². The van der Waals surface area contributed by atoms with Crippen molar-refractivity contribution in [3.63, 3.8) is 0 Å². The minimum absolute atomic E-state index is 0.00272. The van der Waals surface area contributed by atoms with Crippen LogP contribution >= 0.6 is 23.2 Å². The first-order valence-electron chi connectivity index (χ1n) is 9.37. The second-order valence-electron chi connectivity index (χ2n) is 7.08. The Morgan fingerprint density at radius 2 is 1.81 bits per heavy atom. The minimum Gasteiger partial charge on any atom is -0.495 e. The lowest BCUT2D eigenvalue weighted by Gasteiger charge is -2.37. The van der Waals surface area contributed by atoms with Gasteiger partial charge in [0, 0.05) is 32.2 Å². The molecule has 0 unspecified atom stereocenters. The molecule has 2 heterocycles. The van der Waals surface area contributed by atoms with Gasteiger partial charge in [-0.25, -0.2) is 4.79 Å². The van der Waals surface area contributed by atoms with Gasteiger partial charge >= 0.3 is 12.1 Å². The third-order valence-corrected chi connectivity index (χ3v) is 5.91. The largest absolute Gasteiger partial charge is 0.495 e. The first-order valence-corrected chi connectivity index (χ1v) is 10.1. The van der Waals surface area contributed by atoms with Crippen molar-refractivity contribution in [1.29, 1.82) is 0 Å². The maximum Gasteiger partial charge on any atom is 0.436 e. The molecule has 0 radical (unpaired) electrons. The van der Waals surface area contributed by atoms with E-state index in [1.54, 1.807) is 4.90 Å². The van der Waals surface area contributed by atoms with Gasteiger partial charge in [0.2, 0.25) is 5.91 Å². The number of piperazine rings is 1. The van der Waals surface area contributed by atoms with Crippen molar-refractivity contribution in [2.45, 2.75) is 19.6 Å². The number of rotatable bonds is 5. The summed E-state index contributed by atoms with van der Waals surface area (Å²) in [6.07, 6.45) is -4.72. The van der Waals surface area contributed by atoms with Crippen LogP contribution in [0.4, 0.5) is 18.9 Å². The predicted octanol–water partition coefficient (Wildman–Crippen LogP) is 3.57. The van der Waals surface area contributed by atoms with Crippen LogP contribution in [0.3, 0.4) is 0 Å². The smallest absolute Gasteiger partial charge is 0.436 e. The first-order chi connectivity index (χ1) is 14.9. The Bertz CT molecular complexity index is 1050. The molecule has 0 saturated carbocycles. The first kappa shape index (κ1) is 24.0. The van der Waals surface area contributed by atoms with Gasteiger partial charge in [-0.2, -0.15) is 18.3 Å². The molecule has 1 fully saturated rings. The van der Waals surface area contributed by atoms with Gasteiger partial charge in [0.1, 0.15) is 12.3 Å². The summed E-state index contributed by atoms with van der Waals surface area (Å²) in [4.78, 5) is 27.5. The van der Waals surface area contributed by atoms with E-state index < -0.39 is 35.3 Å². The zero-order valence-corrected chi connectivity index (χ0v) is 18.6. The summed E-state index contributed by atoms with van der Waals surface area (Å²) in [7, 11) is 1.41. The molecule has 1 aromatic carbocycles. The molecule has 0 aliphatic carbocycles. The van der Waals surface area contributed by atoms with Crippen LogP contribution < -0.4 is 9.64 Å². The third-order valence-electron chi connectivity index (χ3n) is 5.16. The Labute approximate surface area is 191 Å². The van der Waals surface area contributed by atoms with Gasteiger partial charge in [-0.15, -0.1) is 0 Å². The molecule has 8 nitrogen and oxygen atoms in total. The van der Waals surface area contributed by atoms with Gasteiger partial charge < -0.3 is 19.6 Å². The van der Waals surface area contributed by atoms with E-state index in [1.165, 1.54) is 31.1 Å². The summed E-state index contributed by atoms with van der Waals surface area (Å²) in [5.74, 6) is -1.26. The number of ether oxygens (including phenoxy) is 1. The van der Waals surface area contributed by atoms with E-state index in [4.69, 9.17) is 27.9 Å². The van der Waals surface area contributed by atoms with Crippen LogP contribution in [0.1, 0.15) is 21.7 Å². The van der Waals surface area contributed by atoms with E-state index in [0.717, 1.165) is 4.68 Å². The highest BCUT2D eigenvalue weighted by Gasteiger charge is 2.38. The van der Waals surface area contributed by atoms with E-state index in [-0.39, 0.29) is 29.4 Å². The number of halogens is 5. The van der Waals surface area contributed by atoms with Crippen LogP contribution in [0.15, 0.2) is 12.1 Å². The van der Waals surface area contributed by atoms with Gasteiger partial charge in [0.15, 0.2) is 5.69 Å². The summed E-state index contributed by atoms with van der Waals surface area (Å²) < 4.78 is 45.1.